The van der Waals surface area contributed by atoms with Crippen molar-refractivity contribution in [3.05, 3.63) is 67.2 Å². The molecule has 2 aromatic carbocycles. The summed E-state index contributed by atoms with van der Waals surface area (Å²) in [7, 11) is 0. The van der Waals surface area contributed by atoms with Gasteiger partial charge in [0, 0.05) is 9.13 Å². The lowest BCUT2D eigenvalue weighted by molar-refractivity contribution is 0.213. The van der Waals surface area contributed by atoms with E-state index in [-0.39, 0.29) is 10.0 Å². The van der Waals surface area contributed by atoms with Gasteiger partial charge < -0.3 is 5.11 Å². The summed E-state index contributed by atoms with van der Waals surface area (Å²) in [5, 5.41) is 10.1. The molecule has 2 aromatic rings. The van der Waals surface area contributed by atoms with Crippen molar-refractivity contribution in [2.75, 3.05) is 0 Å². The molecule has 0 saturated heterocycles. The van der Waals surface area contributed by atoms with Gasteiger partial charge in [-0.2, -0.15) is 0 Å². The molecule has 0 aromatic heterocycles. The van der Waals surface area contributed by atoms with Crippen LogP contribution in [-0.2, 0) is 0 Å². The summed E-state index contributed by atoms with van der Waals surface area (Å²) in [4.78, 5) is 0. The molecule has 0 bridgehead atoms. The van der Waals surface area contributed by atoms with Crippen LogP contribution in [0.2, 0.25) is 0 Å². The Hall–Kier alpha value is -0.530. The van der Waals surface area contributed by atoms with Crippen LogP contribution in [0.3, 0.4) is 0 Å². The Bertz CT molecular complexity index is 589. The Morgan fingerprint density at radius 2 is 1.72 bits per heavy atom. The van der Waals surface area contributed by atoms with Gasteiger partial charge in [-0.15, -0.1) is 0 Å². The third-order valence-electron chi connectivity index (χ3n) is 2.53. The molecule has 5 heteroatoms. The van der Waals surface area contributed by atoms with E-state index in [1.54, 1.807) is 18.2 Å². The molecule has 1 nitrogen and oxygen atoms in total. The number of aliphatic hydroxyl groups excluding tert-OH is 1. The quantitative estimate of drug-likeness (QED) is 0.559. The number of aliphatic hydroxyl groups is 1. The van der Waals surface area contributed by atoms with Crippen molar-refractivity contribution in [3.8, 4) is 0 Å². The molecular weight excluding hydrogens is 417 g/mol. The largest absolute Gasteiger partial charge is 0.384 e. The smallest absolute Gasteiger partial charge is 0.137 e. The van der Waals surface area contributed by atoms with Crippen molar-refractivity contribution in [3.63, 3.8) is 0 Å². The zero-order valence-electron chi connectivity index (χ0n) is 9.00. The summed E-state index contributed by atoms with van der Waals surface area (Å²) in [6.45, 7) is 0. The number of hydrogen-bond acceptors (Lipinski definition) is 1. The Morgan fingerprint density at radius 3 is 2.39 bits per heavy atom. The first-order chi connectivity index (χ1) is 8.50. The van der Waals surface area contributed by atoms with Gasteiger partial charge in [-0.3, -0.25) is 0 Å². The van der Waals surface area contributed by atoms with E-state index in [9.17, 15) is 13.9 Å². The minimum atomic E-state index is -1.18. The van der Waals surface area contributed by atoms with Crippen LogP contribution in [-0.4, -0.2) is 5.11 Å². The molecule has 0 saturated carbocycles. The number of rotatable bonds is 2. The maximum Gasteiger partial charge on any atom is 0.137 e. The van der Waals surface area contributed by atoms with Gasteiger partial charge in [0.05, 0.1) is 4.47 Å². The van der Waals surface area contributed by atoms with Gasteiger partial charge in [0.25, 0.3) is 0 Å². The first kappa shape index (κ1) is 13.9. The molecule has 0 fully saturated rings. The van der Waals surface area contributed by atoms with Gasteiger partial charge >= 0.3 is 0 Å². The van der Waals surface area contributed by atoms with E-state index in [1.165, 1.54) is 0 Å². The van der Waals surface area contributed by atoms with Gasteiger partial charge in [0.15, 0.2) is 0 Å². The van der Waals surface area contributed by atoms with Crippen LogP contribution in [0.25, 0.3) is 0 Å². The van der Waals surface area contributed by atoms with Gasteiger partial charge in [-0.1, -0.05) is 18.2 Å². The summed E-state index contributed by atoms with van der Waals surface area (Å²) in [5.41, 5.74) is 0.485. The van der Waals surface area contributed by atoms with Crippen LogP contribution in [0, 0.1) is 15.2 Å². The monoisotopic (exact) mass is 424 g/mol. The van der Waals surface area contributed by atoms with Crippen LogP contribution in [0.5, 0.6) is 0 Å². The highest BCUT2D eigenvalue weighted by atomic mass is 127. The second-order valence-electron chi connectivity index (χ2n) is 3.71. The predicted molar refractivity (Wildman–Crippen MR) is 77.3 cm³/mol. The standard InChI is InChI=1S/C13H8BrF2IO/c14-9-6-10(15)8(5-11(9)16)13(18)7-3-1-2-4-12(7)17/h1-6,13,18H. The van der Waals surface area contributed by atoms with Crippen LogP contribution >= 0.6 is 38.5 Å². The molecule has 0 amide bonds. The van der Waals surface area contributed by atoms with E-state index in [2.05, 4.69) is 15.9 Å². The molecule has 0 heterocycles. The van der Waals surface area contributed by atoms with Crippen molar-refractivity contribution >= 4 is 38.5 Å². The lowest BCUT2D eigenvalue weighted by Crippen LogP contribution is -2.05. The summed E-state index contributed by atoms with van der Waals surface area (Å²) in [5.74, 6) is -1.24. The third kappa shape index (κ3) is 2.73. The molecule has 94 valence electrons. The summed E-state index contributed by atoms with van der Waals surface area (Å²) in [6, 6.07) is 9.07. The summed E-state index contributed by atoms with van der Waals surface area (Å²) < 4.78 is 28.0. The molecule has 0 aliphatic carbocycles. The molecule has 0 aliphatic heterocycles. The van der Waals surface area contributed by atoms with E-state index in [4.69, 9.17) is 0 Å². The van der Waals surface area contributed by atoms with Crippen molar-refractivity contribution in [2.24, 2.45) is 0 Å². The van der Waals surface area contributed by atoms with Gasteiger partial charge in [-0.05, 0) is 62.3 Å². The number of halogens is 4. The molecule has 0 spiro atoms. The van der Waals surface area contributed by atoms with Crippen LogP contribution < -0.4 is 0 Å². The van der Waals surface area contributed by atoms with E-state index < -0.39 is 17.7 Å². The second-order valence-corrected chi connectivity index (χ2v) is 5.73. The van der Waals surface area contributed by atoms with Crippen molar-refractivity contribution in [1.29, 1.82) is 0 Å². The van der Waals surface area contributed by atoms with Gasteiger partial charge in [0.2, 0.25) is 0 Å². The molecule has 2 rings (SSSR count). The van der Waals surface area contributed by atoms with Crippen LogP contribution in [0.15, 0.2) is 40.9 Å². The van der Waals surface area contributed by atoms with Gasteiger partial charge in [0.1, 0.15) is 17.7 Å². The third-order valence-corrected chi connectivity index (χ3v) is 4.12. The second kappa shape index (κ2) is 5.63. The Balaban J connectivity index is 2.50. The molecule has 1 atom stereocenters. The van der Waals surface area contributed by atoms with Crippen molar-refractivity contribution in [2.45, 2.75) is 6.10 Å². The molecule has 1 unspecified atom stereocenters. The van der Waals surface area contributed by atoms with E-state index in [1.807, 2.05) is 28.7 Å². The maximum absolute atomic E-state index is 13.7. The average Bonchev–Trinajstić information content (AvgIpc) is 2.33. The van der Waals surface area contributed by atoms with E-state index >= 15 is 0 Å². The Kier molecular flexibility index (Phi) is 4.34. The zero-order chi connectivity index (χ0) is 13.3. The average molecular weight is 425 g/mol. The topological polar surface area (TPSA) is 20.2 Å². The summed E-state index contributed by atoms with van der Waals surface area (Å²) >= 11 is 4.95. The van der Waals surface area contributed by atoms with Crippen LogP contribution in [0.1, 0.15) is 17.2 Å². The maximum atomic E-state index is 13.7. The van der Waals surface area contributed by atoms with Crippen molar-refractivity contribution in [1.82, 2.24) is 0 Å². The lowest BCUT2D eigenvalue weighted by Gasteiger charge is -2.14. The molecule has 0 aliphatic rings. The Labute approximate surface area is 125 Å². The zero-order valence-corrected chi connectivity index (χ0v) is 12.7. The number of benzene rings is 2. The molecule has 18 heavy (non-hydrogen) atoms. The minimum absolute atomic E-state index is 0.0405. The fourth-order valence-electron chi connectivity index (χ4n) is 1.61. The fourth-order valence-corrected chi connectivity index (χ4v) is 2.61. The SMILES string of the molecule is OC(c1cc(F)c(Br)cc1F)c1ccccc1I. The predicted octanol–water partition coefficient (Wildman–Crippen LogP) is 4.41. The highest BCUT2D eigenvalue weighted by molar-refractivity contribution is 14.1. The molecule has 0 radical (unpaired) electrons. The van der Waals surface area contributed by atoms with E-state index in [0.29, 0.717) is 5.56 Å². The lowest BCUT2D eigenvalue weighted by atomic mass is 10.0. The van der Waals surface area contributed by atoms with Crippen LogP contribution in [0.4, 0.5) is 8.78 Å². The first-order valence-corrected chi connectivity index (χ1v) is 6.95. The first-order valence-electron chi connectivity index (χ1n) is 5.07. The Morgan fingerprint density at radius 1 is 1.06 bits per heavy atom. The van der Waals surface area contributed by atoms with E-state index in [0.717, 1.165) is 15.7 Å². The minimum Gasteiger partial charge on any atom is -0.384 e. The highest BCUT2D eigenvalue weighted by Crippen LogP contribution is 2.30. The van der Waals surface area contributed by atoms with Crippen molar-refractivity contribution < 1.29 is 13.9 Å². The normalized spacial score (nSPS) is 12.5. The number of hydrogen-bond donors (Lipinski definition) is 1. The highest BCUT2D eigenvalue weighted by Gasteiger charge is 2.19. The van der Waals surface area contributed by atoms with Gasteiger partial charge in [-0.25, -0.2) is 8.78 Å². The molecule has 1 N–H and O–H groups in total. The molecular formula is C13H8BrF2IO. The fraction of sp³-hybridized carbons (Fsp3) is 0.0769. The summed E-state index contributed by atoms with van der Waals surface area (Å²) in [6.07, 6.45) is -1.18.